The molecule has 140 valence electrons. The van der Waals surface area contributed by atoms with Crippen LogP contribution in [0.1, 0.15) is 27.2 Å². The van der Waals surface area contributed by atoms with Gasteiger partial charge in [-0.15, -0.1) is 0 Å². The van der Waals surface area contributed by atoms with Gasteiger partial charge in [-0.3, -0.25) is 4.90 Å². The Labute approximate surface area is 153 Å². The average molecular weight is 382 g/mol. The van der Waals surface area contributed by atoms with Crippen LogP contribution in [0.2, 0.25) is 18.1 Å². The Kier molecular flexibility index (Phi) is 5.69. The van der Waals surface area contributed by atoms with Gasteiger partial charge in [0, 0.05) is 0 Å². The smallest absolute Gasteiger partial charge is 0.204 e. The lowest BCUT2D eigenvalue weighted by molar-refractivity contribution is 0.118. The monoisotopic (exact) mass is 381 g/mol. The first kappa shape index (κ1) is 20.4. The minimum atomic E-state index is -3.50. The molecule has 25 heavy (non-hydrogen) atoms. The second kappa shape index (κ2) is 6.99. The zero-order valence-electron chi connectivity index (χ0n) is 16.4. The lowest BCUT2D eigenvalue weighted by Gasteiger charge is -2.41. The second-order valence-corrected chi connectivity index (χ2v) is 15.2. The molecular formula is C19H31NO3SSi. The van der Waals surface area contributed by atoms with Crippen LogP contribution >= 0.6 is 0 Å². The first-order chi connectivity index (χ1) is 11.4. The molecule has 0 aliphatic heterocycles. The molecule has 0 heterocycles. The van der Waals surface area contributed by atoms with Gasteiger partial charge in [0.25, 0.3) is 0 Å². The van der Waals surface area contributed by atoms with E-state index in [9.17, 15) is 8.42 Å². The van der Waals surface area contributed by atoms with Crippen molar-refractivity contribution in [2.45, 2.75) is 62.4 Å². The fourth-order valence-corrected chi connectivity index (χ4v) is 6.04. The van der Waals surface area contributed by atoms with E-state index in [-0.39, 0.29) is 17.2 Å². The summed E-state index contributed by atoms with van der Waals surface area (Å²) in [6.07, 6.45) is 2.37. The molecule has 0 spiro atoms. The number of hydrogen-bond acceptors (Lipinski definition) is 4. The summed E-state index contributed by atoms with van der Waals surface area (Å²) in [5.74, 6) is 0. The Morgan fingerprint density at radius 3 is 2.16 bits per heavy atom. The fourth-order valence-electron chi connectivity index (χ4n) is 2.92. The van der Waals surface area contributed by atoms with E-state index >= 15 is 0 Å². The van der Waals surface area contributed by atoms with Gasteiger partial charge >= 0.3 is 0 Å². The molecule has 0 fully saturated rings. The lowest BCUT2D eigenvalue weighted by atomic mass is 10.2. The van der Waals surface area contributed by atoms with Gasteiger partial charge in [0.15, 0.2) is 8.32 Å². The summed E-state index contributed by atoms with van der Waals surface area (Å²) in [4.78, 5) is 2.78. The number of sulfone groups is 1. The molecule has 0 saturated heterocycles. The van der Waals surface area contributed by atoms with Crippen LogP contribution in [0.4, 0.5) is 0 Å². The Hall–Kier alpha value is -0.953. The number of likely N-dealkylation sites (N-methyl/N-ethyl adjacent to an activating group) is 1. The molecule has 0 unspecified atom stereocenters. The molecular weight excluding hydrogens is 350 g/mol. The Morgan fingerprint density at radius 1 is 1.12 bits per heavy atom. The molecule has 0 radical (unpaired) electrons. The summed E-state index contributed by atoms with van der Waals surface area (Å²) in [6.45, 7) is 11.0. The van der Waals surface area contributed by atoms with Gasteiger partial charge in [-0.2, -0.15) is 0 Å². The third kappa shape index (κ3) is 4.08. The maximum absolute atomic E-state index is 13.1. The standard InChI is InChI=1S/C19H31NO3SSi/c1-19(2,3)25(6,7)23-16-13-14-17(18(16)20(4)5)24(21,22)15-11-9-8-10-12-15/h8-12,14,16,18H,13H2,1-7H3/t16-,18+/m1/s1. The molecule has 2 rings (SSSR count). The van der Waals surface area contributed by atoms with Crippen LogP contribution in [0.3, 0.4) is 0 Å². The zero-order valence-corrected chi connectivity index (χ0v) is 18.2. The summed E-state index contributed by atoms with van der Waals surface area (Å²) in [7, 11) is -1.64. The number of benzene rings is 1. The van der Waals surface area contributed by atoms with Gasteiger partial charge in [0.1, 0.15) is 0 Å². The van der Waals surface area contributed by atoms with Crippen molar-refractivity contribution in [3.63, 3.8) is 0 Å². The molecule has 0 aromatic heterocycles. The highest BCUT2D eigenvalue weighted by Crippen LogP contribution is 2.41. The third-order valence-corrected chi connectivity index (χ3v) is 11.8. The van der Waals surface area contributed by atoms with Crippen LogP contribution in [0.25, 0.3) is 0 Å². The average Bonchev–Trinajstić information content (AvgIpc) is 2.91. The van der Waals surface area contributed by atoms with Crippen molar-refractivity contribution < 1.29 is 12.8 Å². The van der Waals surface area contributed by atoms with Crippen molar-refractivity contribution in [3.8, 4) is 0 Å². The van der Waals surface area contributed by atoms with Gasteiger partial charge in [-0.1, -0.05) is 45.0 Å². The maximum Gasteiger partial charge on any atom is 0.204 e. The minimum Gasteiger partial charge on any atom is -0.412 e. The summed E-state index contributed by atoms with van der Waals surface area (Å²) in [5, 5.41) is 0.0882. The molecule has 4 nitrogen and oxygen atoms in total. The van der Waals surface area contributed by atoms with Gasteiger partial charge in [-0.05, 0) is 50.8 Å². The minimum absolute atomic E-state index is 0.0882. The highest BCUT2D eigenvalue weighted by molar-refractivity contribution is 7.95. The van der Waals surface area contributed by atoms with Crippen LogP contribution in [0, 0.1) is 0 Å². The first-order valence-electron chi connectivity index (χ1n) is 8.72. The van der Waals surface area contributed by atoms with E-state index < -0.39 is 18.2 Å². The highest BCUT2D eigenvalue weighted by Gasteiger charge is 2.45. The van der Waals surface area contributed by atoms with E-state index in [4.69, 9.17) is 4.43 Å². The summed E-state index contributed by atoms with van der Waals surface area (Å²) >= 11 is 0. The van der Waals surface area contributed by atoms with Crippen LogP contribution < -0.4 is 0 Å². The maximum atomic E-state index is 13.1. The molecule has 1 aliphatic carbocycles. The topological polar surface area (TPSA) is 46.6 Å². The zero-order chi connectivity index (χ0) is 19.0. The molecule has 1 aromatic carbocycles. The van der Waals surface area contributed by atoms with Crippen LogP contribution in [0.15, 0.2) is 46.2 Å². The van der Waals surface area contributed by atoms with Crippen molar-refractivity contribution in [1.29, 1.82) is 0 Å². The van der Waals surface area contributed by atoms with Gasteiger partial charge in [0.2, 0.25) is 9.84 Å². The second-order valence-electron chi connectivity index (χ2n) is 8.48. The van der Waals surface area contributed by atoms with Gasteiger partial charge in [0.05, 0.1) is 21.9 Å². The van der Waals surface area contributed by atoms with Crippen molar-refractivity contribution in [2.75, 3.05) is 14.1 Å². The van der Waals surface area contributed by atoms with E-state index in [1.165, 1.54) is 0 Å². The van der Waals surface area contributed by atoms with Gasteiger partial charge < -0.3 is 4.43 Å². The molecule has 0 bridgehead atoms. The molecule has 0 saturated carbocycles. The molecule has 2 atom stereocenters. The summed E-state index contributed by atoms with van der Waals surface area (Å²) in [6, 6.07) is 8.41. The normalized spacial score (nSPS) is 22.3. The highest BCUT2D eigenvalue weighted by atomic mass is 32.2. The molecule has 6 heteroatoms. The van der Waals surface area contributed by atoms with Crippen molar-refractivity contribution in [1.82, 2.24) is 4.90 Å². The van der Waals surface area contributed by atoms with Crippen molar-refractivity contribution in [2.24, 2.45) is 0 Å². The number of hydrogen-bond donors (Lipinski definition) is 0. The largest absolute Gasteiger partial charge is 0.412 e. The van der Waals surface area contributed by atoms with Gasteiger partial charge in [-0.25, -0.2) is 8.42 Å². The first-order valence-corrected chi connectivity index (χ1v) is 13.1. The SMILES string of the molecule is CN(C)[C@@H]1C(S(=O)(=O)c2ccccc2)=CC[C@H]1O[Si](C)(C)C(C)(C)C. The number of rotatable bonds is 5. The Bertz CT molecular complexity index is 734. The van der Waals surface area contributed by atoms with Crippen LogP contribution in [0.5, 0.6) is 0 Å². The lowest BCUT2D eigenvalue weighted by Crippen LogP contribution is -2.49. The number of nitrogens with zero attached hydrogens (tertiary/aromatic N) is 1. The Balaban J connectivity index is 2.34. The van der Waals surface area contributed by atoms with Crippen LogP contribution in [-0.4, -0.2) is 47.9 Å². The van der Waals surface area contributed by atoms with E-state index in [1.807, 2.05) is 31.1 Å². The van der Waals surface area contributed by atoms with E-state index in [0.717, 1.165) is 0 Å². The predicted octanol–water partition coefficient (Wildman–Crippen LogP) is 4.07. The molecule has 0 amide bonds. The predicted molar refractivity (Wildman–Crippen MR) is 106 cm³/mol. The van der Waals surface area contributed by atoms with Crippen LogP contribution in [-0.2, 0) is 14.3 Å². The molecule has 1 aliphatic rings. The van der Waals surface area contributed by atoms with Crippen molar-refractivity contribution in [3.05, 3.63) is 41.3 Å². The summed E-state index contributed by atoms with van der Waals surface area (Å²) in [5.41, 5.74) is 0. The Morgan fingerprint density at radius 2 is 1.68 bits per heavy atom. The fraction of sp³-hybridized carbons (Fsp3) is 0.579. The van der Waals surface area contributed by atoms with E-state index in [0.29, 0.717) is 16.2 Å². The van der Waals surface area contributed by atoms with Crippen molar-refractivity contribution >= 4 is 18.2 Å². The van der Waals surface area contributed by atoms with E-state index in [2.05, 4.69) is 33.9 Å². The molecule has 0 N–H and O–H groups in total. The third-order valence-electron chi connectivity index (χ3n) is 5.37. The van der Waals surface area contributed by atoms with E-state index in [1.54, 1.807) is 24.3 Å². The quantitative estimate of drug-likeness (QED) is 0.721. The molecule has 1 aromatic rings. The summed E-state index contributed by atoms with van der Waals surface area (Å²) < 4.78 is 32.8.